The predicted molar refractivity (Wildman–Crippen MR) is 201 cm³/mol. The Morgan fingerprint density at radius 3 is 1.70 bits per heavy atom. The summed E-state index contributed by atoms with van der Waals surface area (Å²) in [6.45, 7) is 15.6. The quantitative estimate of drug-likeness (QED) is 0.178. The largest absolute Gasteiger partial charge is 0.444 e. The number of morpholine rings is 1. The van der Waals surface area contributed by atoms with Gasteiger partial charge in [0.05, 0.1) is 18.0 Å². The number of ether oxygens (including phenoxy) is 2. The van der Waals surface area contributed by atoms with Gasteiger partial charge in [0.15, 0.2) is 0 Å². The highest BCUT2D eigenvalue weighted by Crippen LogP contribution is 2.48. The Morgan fingerprint density at radius 2 is 1.24 bits per heavy atom. The maximum Gasteiger partial charge on any atom is 0.408 e. The minimum atomic E-state index is -1.02. The van der Waals surface area contributed by atoms with Crippen LogP contribution in [0.25, 0.3) is 0 Å². The summed E-state index contributed by atoms with van der Waals surface area (Å²) in [6.07, 6.45) is -0.290. The normalized spacial score (nSPS) is 15.4. The van der Waals surface area contributed by atoms with Gasteiger partial charge < -0.3 is 25.4 Å². The number of rotatable bonds is 14. The average molecular weight is 703 g/mol. The molecular weight excluding hydrogens is 649 g/mol. The van der Waals surface area contributed by atoms with E-state index in [1.807, 2.05) is 75.4 Å². The van der Waals surface area contributed by atoms with Gasteiger partial charge in [0, 0.05) is 31.9 Å². The second-order valence-electron chi connectivity index (χ2n) is 14.9. The Balaban J connectivity index is 1.64. The Labute approximate surface area is 302 Å². The van der Waals surface area contributed by atoms with E-state index in [9.17, 15) is 14.4 Å². The standard InChI is InChI=1S/C40H54N4O5S/c1-38(2,3)28-33(35(45)41-22-23-44-24-26-48-27-25-44)42-36(46)34(43-37(47)49-39(4,5)6)29-50-40(30-16-10-7-11-17-30,31-18-12-8-13-19-31)32-20-14-9-15-21-32/h7-21,33-34H,22-29H2,1-6H3,(H,41,45)(H,42,46)(H,43,47)/t33-,34-/m0/s1. The topological polar surface area (TPSA) is 109 Å². The molecule has 3 amide bonds. The van der Waals surface area contributed by atoms with E-state index in [4.69, 9.17) is 9.47 Å². The molecule has 270 valence electrons. The molecule has 10 heteroatoms. The van der Waals surface area contributed by atoms with Gasteiger partial charge in [0.25, 0.3) is 0 Å². The van der Waals surface area contributed by atoms with Crippen LogP contribution in [0.2, 0.25) is 0 Å². The Hall–Kier alpha value is -3.86. The molecule has 2 atom stereocenters. The van der Waals surface area contributed by atoms with E-state index >= 15 is 0 Å². The van der Waals surface area contributed by atoms with Crippen molar-refractivity contribution < 1.29 is 23.9 Å². The van der Waals surface area contributed by atoms with Crippen molar-refractivity contribution in [2.24, 2.45) is 5.41 Å². The van der Waals surface area contributed by atoms with Crippen molar-refractivity contribution in [3.05, 3.63) is 108 Å². The average Bonchev–Trinajstić information content (AvgIpc) is 3.08. The van der Waals surface area contributed by atoms with Crippen molar-refractivity contribution in [1.82, 2.24) is 20.9 Å². The third-order valence-corrected chi connectivity index (χ3v) is 9.94. The van der Waals surface area contributed by atoms with Crippen LogP contribution in [0.15, 0.2) is 91.0 Å². The lowest BCUT2D eigenvalue weighted by Gasteiger charge is -2.37. The van der Waals surface area contributed by atoms with Crippen LogP contribution >= 0.6 is 11.8 Å². The zero-order valence-electron chi connectivity index (χ0n) is 30.4. The van der Waals surface area contributed by atoms with E-state index in [1.165, 1.54) is 0 Å². The summed E-state index contributed by atoms with van der Waals surface area (Å²) in [5, 5.41) is 8.90. The fraction of sp³-hybridized carbons (Fsp3) is 0.475. The number of thioether (sulfide) groups is 1. The molecule has 3 aromatic carbocycles. The highest BCUT2D eigenvalue weighted by Gasteiger charge is 2.39. The number of carbonyl (C=O) groups excluding carboxylic acids is 3. The molecule has 4 rings (SSSR count). The maximum atomic E-state index is 14.3. The first-order valence-electron chi connectivity index (χ1n) is 17.4. The summed E-state index contributed by atoms with van der Waals surface area (Å²) >= 11 is 1.56. The van der Waals surface area contributed by atoms with Crippen molar-refractivity contribution in [1.29, 1.82) is 0 Å². The third-order valence-electron chi connectivity index (χ3n) is 8.30. The van der Waals surface area contributed by atoms with E-state index < -0.39 is 34.4 Å². The molecule has 0 radical (unpaired) electrons. The summed E-state index contributed by atoms with van der Waals surface area (Å²) in [5.74, 6) is -0.522. The minimum absolute atomic E-state index is 0.185. The highest BCUT2D eigenvalue weighted by atomic mass is 32.2. The smallest absolute Gasteiger partial charge is 0.408 e. The Bertz CT molecular complexity index is 1410. The molecule has 9 nitrogen and oxygen atoms in total. The van der Waals surface area contributed by atoms with Crippen LogP contribution in [-0.2, 0) is 23.8 Å². The fourth-order valence-electron chi connectivity index (χ4n) is 5.99. The van der Waals surface area contributed by atoms with Crippen LogP contribution in [0.4, 0.5) is 4.79 Å². The molecule has 0 spiro atoms. The molecule has 0 saturated carbocycles. The van der Waals surface area contributed by atoms with Gasteiger partial charge in [-0.2, -0.15) is 0 Å². The molecule has 1 aliphatic heterocycles. The maximum absolute atomic E-state index is 14.3. The minimum Gasteiger partial charge on any atom is -0.444 e. The van der Waals surface area contributed by atoms with E-state index in [1.54, 1.807) is 32.5 Å². The van der Waals surface area contributed by atoms with E-state index in [-0.39, 0.29) is 17.1 Å². The summed E-state index contributed by atoms with van der Waals surface area (Å²) in [5.41, 5.74) is 2.07. The summed E-state index contributed by atoms with van der Waals surface area (Å²) in [6, 6.07) is 28.7. The van der Waals surface area contributed by atoms with E-state index in [0.717, 1.165) is 29.8 Å². The van der Waals surface area contributed by atoms with Gasteiger partial charge in [-0.15, -0.1) is 11.8 Å². The number of amides is 3. The fourth-order valence-corrected chi connectivity index (χ4v) is 7.55. The Kier molecular flexibility index (Phi) is 13.9. The molecule has 1 aliphatic rings. The summed E-state index contributed by atoms with van der Waals surface area (Å²) in [7, 11) is 0. The lowest BCUT2D eigenvalue weighted by atomic mass is 9.84. The molecule has 3 N–H and O–H groups in total. The number of benzene rings is 3. The van der Waals surface area contributed by atoms with Gasteiger partial charge in [0.2, 0.25) is 11.8 Å². The second-order valence-corrected chi connectivity index (χ2v) is 16.1. The molecule has 50 heavy (non-hydrogen) atoms. The lowest BCUT2D eigenvalue weighted by Crippen LogP contribution is -2.56. The van der Waals surface area contributed by atoms with Crippen molar-refractivity contribution >= 4 is 29.7 Å². The summed E-state index contributed by atoms with van der Waals surface area (Å²) in [4.78, 5) is 43.4. The van der Waals surface area contributed by atoms with Crippen LogP contribution in [-0.4, -0.2) is 85.6 Å². The van der Waals surface area contributed by atoms with Crippen molar-refractivity contribution in [3.63, 3.8) is 0 Å². The van der Waals surface area contributed by atoms with Crippen molar-refractivity contribution in [2.45, 2.75) is 70.4 Å². The first-order valence-corrected chi connectivity index (χ1v) is 18.4. The molecule has 3 aromatic rings. The SMILES string of the molecule is CC(C)(C)C[C@H](NC(=O)[C@H](CSC(c1ccccc1)(c1ccccc1)c1ccccc1)NC(=O)OC(C)(C)C)C(=O)NCCN1CCOCC1. The monoisotopic (exact) mass is 702 g/mol. The van der Waals surface area contributed by atoms with Gasteiger partial charge in [-0.3, -0.25) is 14.5 Å². The second kappa shape index (κ2) is 17.9. The van der Waals surface area contributed by atoms with Crippen LogP contribution in [0, 0.1) is 5.41 Å². The number of nitrogens with one attached hydrogen (secondary N) is 3. The molecule has 1 saturated heterocycles. The van der Waals surface area contributed by atoms with Crippen LogP contribution < -0.4 is 16.0 Å². The van der Waals surface area contributed by atoms with Gasteiger partial charge >= 0.3 is 6.09 Å². The number of alkyl carbamates (subject to hydrolysis) is 1. The number of hydrogen-bond acceptors (Lipinski definition) is 7. The molecule has 0 bridgehead atoms. The Morgan fingerprint density at radius 1 is 0.740 bits per heavy atom. The molecule has 1 fully saturated rings. The van der Waals surface area contributed by atoms with E-state index in [2.05, 4.69) is 57.2 Å². The van der Waals surface area contributed by atoms with Gasteiger partial charge in [-0.1, -0.05) is 112 Å². The number of carbonyl (C=O) groups is 3. The third kappa shape index (κ3) is 11.6. The lowest BCUT2D eigenvalue weighted by molar-refractivity contribution is -0.130. The molecular formula is C40H54N4O5S. The van der Waals surface area contributed by atoms with Crippen molar-refractivity contribution in [2.75, 3.05) is 45.1 Å². The predicted octanol–water partition coefficient (Wildman–Crippen LogP) is 5.97. The first-order chi connectivity index (χ1) is 23.8. The van der Waals surface area contributed by atoms with Gasteiger partial charge in [-0.05, 0) is 49.3 Å². The van der Waals surface area contributed by atoms with Crippen LogP contribution in [0.5, 0.6) is 0 Å². The van der Waals surface area contributed by atoms with E-state index in [0.29, 0.717) is 32.7 Å². The zero-order valence-corrected chi connectivity index (χ0v) is 31.2. The number of hydrogen-bond donors (Lipinski definition) is 3. The van der Waals surface area contributed by atoms with Crippen LogP contribution in [0.1, 0.15) is 64.7 Å². The molecule has 1 heterocycles. The molecule has 0 aliphatic carbocycles. The molecule has 0 aromatic heterocycles. The van der Waals surface area contributed by atoms with Crippen molar-refractivity contribution in [3.8, 4) is 0 Å². The number of nitrogens with zero attached hydrogens (tertiary/aromatic N) is 1. The highest BCUT2D eigenvalue weighted by molar-refractivity contribution is 8.00. The summed E-state index contributed by atoms with van der Waals surface area (Å²) < 4.78 is 10.3. The first kappa shape index (κ1) is 38.9. The van der Waals surface area contributed by atoms with Gasteiger partial charge in [0.1, 0.15) is 17.7 Å². The van der Waals surface area contributed by atoms with Gasteiger partial charge in [-0.25, -0.2) is 4.79 Å². The zero-order chi connectivity index (χ0) is 36.2. The van der Waals surface area contributed by atoms with Crippen LogP contribution in [0.3, 0.4) is 0 Å². The molecule has 0 unspecified atom stereocenters.